The van der Waals surface area contributed by atoms with Crippen LogP contribution in [0.15, 0.2) is 29.2 Å². The lowest BCUT2D eigenvalue weighted by Gasteiger charge is -2.19. The molecule has 1 nitrogen and oxygen atoms in total. The van der Waals surface area contributed by atoms with E-state index in [2.05, 4.69) is 18.2 Å². The Hall–Kier alpha value is -0.470. The van der Waals surface area contributed by atoms with Gasteiger partial charge in [-0.3, -0.25) is 0 Å². The summed E-state index contributed by atoms with van der Waals surface area (Å²) >= 11 is 1.57. The van der Waals surface area contributed by atoms with E-state index in [9.17, 15) is 5.11 Å². The van der Waals surface area contributed by atoms with Crippen LogP contribution in [0.4, 0.5) is 0 Å². The second kappa shape index (κ2) is 2.88. The van der Waals surface area contributed by atoms with Crippen molar-refractivity contribution in [3.63, 3.8) is 0 Å². The topological polar surface area (TPSA) is 20.2 Å². The number of aryl methyl sites for hydroxylation is 1. The van der Waals surface area contributed by atoms with Gasteiger partial charge in [0.1, 0.15) is 5.44 Å². The van der Waals surface area contributed by atoms with E-state index in [1.807, 2.05) is 6.07 Å². The van der Waals surface area contributed by atoms with Crippen LogP contribution in [0.2, 0.25) is 0 Å². The molecule has 1 unspecified atom stereocenters. The summed E-state index contributed by atoms with van der Waals surface area (Å²) in [5, 5.41) is 9.32. The quantitative estimate of drug-likeness (QED) is 0.636. The molecule has 58 valence electrons. The molecule has 2 rings (SSSR count). The second-order valence-corrected chi connectivity index (χ2v) is 3.94. The molecule has 0 saturated heterocycles. The van der Waals surface area contributed by atoms with Gasteiger partial charge in [-0.25, -0.2) is 0 Å². The summed E-state index contributed by atoms with van der Waals surface area (Å²) < 4.78 is 0. The van der Waals surface area contributed by atoms with E-state index in [1.165, 1.54) is 10.5 Å². The van der Waals surface area contributed by atoms with Crippen molar-refractivity contribution in [2.75, 3.05) is 0 Å². The number of hydrogen-bond acceptors (Lipinski definition) is 2. The van der Waals surface area contributed by atoms with Crippen molar-refractivity contribution in [1.82, 2.24) is 0 Å². The highest BCUT2D eigenvalue weighted by molar-refractivity contribution is 7.99. The SMILES string of the molecule is OC1CCc2ccccc2S1. The van der Waals surface area contributed by atoms with E-state index in [0.717, 1.165) is 12.8 Å². The van der Waals surface area contributed by atoms with Gasteiger partial charge >= 0.3 is 0 Å². The molecule has 0 radical (unpaired) electrons. The third kappa shape index (κ3) is 1.42. The molecule has 0 bridgehead atoms. The number of benzene rings is 1. The summed E-state index contributed by atoms with van der Waals surface area (Å²) in [5.74, 6) is 0. The summed E-state index contributed by atoms with van der Waals surface area (Å²) in [6, 6.07) is 8.28. The molecule has 0 aromatic heterocycles. The number of rotatable bonds is 0. The molecule has 1 aliphatic rings. The highest BCUT2D eigenvalue weighted by atomic mass is 32.2. The molecule has 2 heteroatoms. The van der Waals surface area contributed by atoms with Crippen molar-refractivity contribution < 1.29 is 5.11 Å². The van der Waals surface area contributed by atoms with Crippen LogP contribution in [0.25, 0.3) is 0 Å². The first-order valence-corrected chi connectivity index (χ1v) is 4.67. The Morgan fingerprint density at radius 2 is 2.18 bits per heavy atom. The lowest BCUT2D eigenvalue weighted by atomic mass is 10.1. The maximum Gasteiger partial charge on any atom is 0.104 e. The van der Waals surface area contributed by atoms with E-state index < -0.39 is 0 Å². The van der Waals surface area contributed by atoms with Gasteiger partial charge in [-0.05, 0) is 24.5 Å². The van der Waals surface area contributed by atoms with Crippen LogP contribution in [-0.4, -0.2) is 10.5 Å². The molecule has 0 saturated carbocycles. The van der Waals surface area contributed by atoms with E-state index in [4.69, 9.17) is 0 Å². The summed E-state index contributed by atoms with van der Waals surface area (Å²) in [5.41, 5.74) is 1.19. The first-order valence-electron chi connectivity index (χ1n) is 3.79. The largest absolute Gasteiger partial charge is 0.382 e. The highest BCUT2D eigenvalue weighted by Crippen LogP contribution is 2.33. The fourth-order valence-corrected chi connectivity index (χ4v) is 2.32. The minimum Gasteiger partial charge on any atom is -0.382 e. The third-order valence-corrected chi connectivity index (χ3v) is 3.06. The standard InChI is InChI=1S/C9H10OS/c10-9-6-5-7-3-1-2-4-8(7)11-9/h1-4,9-10H,5-6H2. The molecule has 0 fully saturated rings. The first kappa shape index (κ1) is 7.19. The molecule has 1 atom stereocenters. The molecule has 1 aliphatic heterocycles. The van der Waals surface area contributed by atoms with Crippen LogP contribution in [0.5, 0.6) is 0 Å². The average molecular weight is 166 g/mol. The highest BCUT2D eigenvalue weighted by Gasteiger charge is 2.15. The Kier molecular flexibility index (Phi) is 1.88. The maximum absolute atomic E-state index is 9.32. The molecule has 0 aliphatic carbocycles. The molecular formula is C9H10OS. The molecule has 11 heavy (non-hydrogen) atoms. The van der Waals surface area contributed by atoms with Crippen molar-refractivity contribution in [2.45, 2.75) is 23.2 Å². The Balaban J connectivity index is 2.34. The van der Waals surface area contributed by atoms with E-state index >= 15 is 0 Å². The van der Waals surface area contributed by atoms with Gasteiger partial charge in [0.15, 0.2) is 0 Å². The Morgan fingerprint density at radius 3 is 3.09 bits per heavy atom. The van der Waals surface area contributed by atoms with Gasteiger partial charge in [-0.15, -0.1) is 0 Å². The Bertz CT molecular complexity index is 259. The van der Waals surface area contributed by atoms with Gasteiger partial charge < -0.3 is 5.11 Å². The summed E-state index contributed by atoms with van der Waals surface area (Å²) in [6.07, 6.45) is 1.91. The van der Waals surface area contributed by atoms with Crippen molar-refractivity contribution in [3.05, 3.63) is 29.8 Å². The lowest BCUT2D eigenvalue weighted by molar-refractivity contribution is 0.250. The monoisotopic (exact) mass is 166 g/mol. The van der Waals surface area contributed by atoms with E-state index in [-0.39, 0.29) is 5.44 Å². The third-order valence-electron chi connectivity index (χ3n) is 1.90. The van der Waals surface area contributed by atoms with Crippen LogP contribution in [0, 0.1) is 0 Å². The van der Waals surface area contributed by atoms with Gasteiger partial charge in [-0.2, -0.15) is 0 Å². The van der Waals surface area contributed by atoms with Crippen molar-refractivity contribution in [2.24, 2.45) is 0 Å². The van der Waals surface area contributed by atoms with Crippen LogP contribution in [0.3, 0.4) is 0 Å². The zero-order valence-electron chi connectivity index (χ0n) is 6.16. The number of aliphatic hydroxyl groups is 1. The first-order chi connectivity index (χ1) is 5.36. The predicted octanol–water partition coefficient (Wildman–Crippen LogP) is 2.04. The Morgan fingerprint density at radius 1 is 1.36 bits per heavy atom. The smallest absolute Gasteiger partial charge is 0.104 e. The number of thioether (sulfide) groups is 1. The van der Waals surface area contributed by atoms with E-state index in [1.54, 1.807) is 11.8 Å². The zero-order valence-corrected chi connectivity index (χ0v) is 6.97. The van der Waals surface area contributed by atoms with Crippen LogP contribution < -0.4 is 0 Å². The molecule has 0 amide bonds. The minimum absolute atomic E-state index is 0.190. The zero-order chi connectivity index (χ0) is 7.68. The van der Waals surface area contributed by atoms with Crippen molar-refractivity contribution in [1.29, 1.82) is 0 Å². The average Bonchev–Trinajstić information content (AvgIpc) is 2.04. The van der Waals surface area contributed by atoms with Crippen LogP contribution in [0.1, 0.15) is 12.0 Å². The van der Waals surface area contributed by atoms with Gasteiger partial charge in [0.05, 0.1) is 0 Å². The summed E-state index contributed by atoms with van der Waals surface area (Å²) in [6.45, 7) is 0. The normalized spacial score (nSPS) is 22.8. The molecule has 1 heterocycles. The number of fused-ring (bicyclic) bond motifs is 1. The number of hydrogen-bond donors (Lipinski definition) is 1. The maximum atomic E-state index is 9.32. The van der Waals surface area contributed by atoms with Crippen LogP contribution in [-0.2, 0) is 6.42 Å². The summed E-state index contributed by atoms with van der Waals surface area (Å²) in [7, 11) is 0. The molecule has 1 aromatic rings. The van der Waals surface area contributed by atoms with Crippen molar-refractivity contribution >= 4 is 11.8 Å². The van der Waals surface area contributed by atoms with Crippen LogP contribution >= 0.6 is 11.8 Å². The molecular weight excluding hydrogens is 156 g/mol. The predicted molar refractivity (Wildman–Crippen MR) is 46.6 cm³/mol. The van der Waals surface area contributed by atoms with Gasteiger partial charge in [0.2, 0.25) is 0 Å². The Labute approximate surface area is 70.4 Å². The van der Waals surface area contributed by atoms with Gasteiger partial charge in [-0.1, -0.05) is 30.0 Å². The second-order valence-electron chi connectivity index (χ2n) is 2.72. The fraction of sp³-hybridized carbons (Fsp3) is 0.333. The van der Waals surface area contributed by atoms with Crippen molar-refractivity contribution in [3.8, 4) is 0 Å². The molecule has 1 aromatic carbocycles. The van der Waals surface area contributed by atoms with Gasteiger partial charge in [0.25, 0.3) is 0 Å². The lowest BCUT2D eigenvalue weighted by Crippen LogP contribution is -2.08. The minimum atomic E-state index is -0.190. The fourth-order valence-electron chi connectivity index (χ4n) is 1.31. The summed E-state index contributed by atoms with van der Waals surface area (Å²) in [4.78, 5) is 1.24. The number of aliphatic hydroxyl groups excluding tert-OH is 1. The van der Waals surface area contributed by atoms with E-state index in [0.29, 0.717) is 0 Å². The molecule has 1 N–H and O–H groups in total. The molecule has 0 spiro atoms. The van der Waals surface area contributed by atoms with Gasteiger partial charge in [0, 0.05) is 4.90 Å².